The minimum Gasteiger partial charge on any atom is -0.368 e. The summed E-state index contributed by atoms with van der Waals surface area (Å²) in [6.07, 6.45) is 1.80. The average molecular weight is 265 g/mol. The van der Waals surface area contributed by atoms with E-state index in [-0.39, 0.29) is 29.0 Å². The number of piperazine rings is 1. The van der Waals surface area contributed by atoms with Crippen molar-refractivity contribution < 1.29 is 9.53 Å². The highest BCUT2D eigenvalue weighted by atomic mass is 79.9. The number of hydrogen-bond acceptors (Lipinski definition) is 3. The van der Waals surface area contributed by atoms with Gasteiger partial charge in [-0.25, -0.2) is 0 Å². The highest BCUT2D eigenvalue weighted by Crippen LogP contribution is 2.14. The quantitative estimate of drug-likeness (QED) is 0.735. The summed E-state index contributed by atoms with van der Waals surface area (Å²) in [5.74, 6) is 0.194. The lowest BCUT2D eigenvalue weighted by atomic mass is 10.2. The van der Waals surface area contributed by atoms with Crippen molar-refractivity contribution in [2.24, 2.45) is 0 Å². The molecule has 1 N–H and O–H groups in total. The van der Waals surface area contributed by atoms with Gasteiger partial charge >= 0.3 is 0 Å². The number of halogens is 1. The maximum Gasteiger partial charge on any atom is 0.251 e. The number of carbonyl (C=O) groups excluding carboxylic acids is 1. The first kappa shape index (κ1) is 11.9. The van der Waals surface area contributed by atoms with E-state index in [4.69, 9.17) is 4.74 Å². The van der Waals surface area contributed by atoms with Crippen LogP contribution in [-0.4, -0.2) is 49.7 Å². The molecule has 14 heavy (non-hydrogen) atoms. The van der Waals surface area contributed by atoms with Gasteiger partial charge in [0.2, 0.25) is 0 Å². The van der Waals surface area contributed by atoms with Gasteiger partial charge in [0.25, 0.3) is 5.91 Å². The van der Waals surface area contributed by atoms with E-state index in [2.05, 4.69) is 5.32 Å². The molecule has 4 nitrogen and oxygen atoms in total. The normalized spacial score (nSPS) is 27.1. The number of ether oxygens (including phenoxy) is 1. The van der Waals surface area contributed by atoms with Crippen LogP contribution in [0.5, 0.6) is 0 Å². The Kier molecular flexibility index (Phi) is 4.84. The molecule has 2 heterocycles. The molecule has 0 aromatic heterocycles. The zero-order valence-electron chi connectivity index (χ0n) is 8.20. The van der Waals surface area contributed by atoms with E-state index in [1.165, 1.54) is 0 Å². The van der Waals surface area contributed by atoms with Gasteiger partial charge in [-0.3, -0.25) is 4.79 Å². The first-order valence-corrected chi connectivity index (χ1v) is 4.99. The standard InChI is InChI=1S/C9H16N2O2.BrH/c12-9(8-2-1-7-13-8)11-5-3-10-4-6-11;/h8,10H,1-7H2;1H/t8-;/m0./s1. The lowest BCUT2D eigenvalue weighted by Crippen LogP contribution is -2.49. The second kappa shape index (κ2) is 5.68. The fraction of sp³-hybridized carbons (Fsp3) is 0.889. The average Bonchev–Trinajstić information content (AvgIpc) is 2.71. The van der Waals surface area contributed by atoms with E-state index in [1.54, 1.807) is 0 Å². The molecule has 0 spiro atoms. The summed E-state index contributed by atoms with van der Waals surface area (Å²) in [4.78, 5) is 13.7. The summed E-state index contributed by atoms with van der Waals surface area (Å²) >= 11 is 0. The third-order valence-electron chi connectivity index (χ3n) is 2.63. The summed E-state index contributed by atoms with van der Waals surface area (Å²) in [6.45, 7) is 4.25. The SMILES string of the molecule is Br.O=C([C@@H]1CCCO1)N1CCNCC1. The Balaban J connectivity index is 0.000000980. The van der Waals surface area contributed by atoms with Crippen LogP contribution in [0.15, 0.2) is 0 Å². The fourth-order valence-electron chi connectivity index (χ4n) is 1.86. The highest BCUT2D eigenvalue weighted by molar-refractivity contribution is 8.93. The van der Waals surface area contributed by atoms with Crippen molar-refractivity contribution in [1.82, 2.24) is 10.2 Å². The molecule has 0 aromatic carbocycles. The van der Waals surface area contributed by atoms with Crippen molar-refractivity contribution in [3.8, 4) is 0 Å². The predicted molar refractivity (Wildman–Crippen MR) is 58.7 cm³/mol. The van der Waals surface area contributed by atoms with E-state index in [0.29, 0.717) is 0 Å². The molecule has 0 aliphatic carbocycles. The lowest BCUT2D eigenvalue weighted by molar-refractivity contribution is -0.141. The van der Waals surface area contributed by atoms with Crippen LogP contribution >= 0.6 is 17.0 Å². The highest BCUT2D eigenvalue weighted by Gasteiger charge is 2.28. The summed E-state index contributed by atoms with van der Waals surface area (Å²) in [5.41, 5.74) is 0. The molecule has 5 heteroatoms. The molecule has 2 rings (SSSR count). The van der Waals surface area contributed by atoms with Gasteiger partial charge in [0, 0.05) is 32.8 Å². The molecule has 0 aromatic rings. The largest absolute Gasteiger partial charge is 0.368 e. The first-order valence-electron chi connectivity index (χ1n) is 4.99. The van der Waals surface area contributed by atoms with Gasteiger partial charge in [-0.2, -0.15) is 0 Å². The van der Waals surface area contributed by atoms with Crippen LogP contribution < -0.4 is 5.32 Å². The van der Waals surface area contributed by atoms with Crippen molar-refractivity contribution in [2.75, 3.05) is 32.8 Å². The minimum absolute atomic E-state index is 0. The van der Waals surface area contributed by atoms with E-state index < -0.39 is 0 Å². The molecule has 2 fully saturated rings. The van der Waals surface area contributed by atoms with Crippen LogP contribution in [-0.2, 0) is 9.53 Å². The Labute approximate surface area is 94.7 Å². The second-order valence-electron chi connectivity index (χ2n) is 3.58. The number of amides is 1. The molecule has 1 amide bonds. The van der Waals surface area contributed by atoms with E-state index in [0.717, 1.165) is 45.6 Å². The topological polar surface area (TPSA) is 41.6 Å². The van der Waals surface area contributed by atoms with Gasteiger partial charge in [-0.1, -0.05) is 0 Å². The minimum atomic E-state index is -0.141. The smallest absolute Gasteiger partial charge is 0.251 e. The number of rotatable bonds is 1. The van der Waals surface area contributed by atoms with Crippen molar-refractivity contribution >= 4 is 22.9 Å². The first-order chi connectivity index (χ1) is 6.38. The third-order valence-corrected chi connectivity index (χ3v) is 2.63. The predicted octanol–water partition coefficient (Wildman–Crippen LogP) is 0.175. The summed E-state index contributed by atoms with van der Waals surface area (Å²) in [6, 6.07) is 0. The van der Waals surface area contributed by atoms with Crippen LogP contribution in [0.25, 0.3) is 0 Å². The van der Waals surface area contributed by atoms with Crippen molar-refractivity contribution in [1.29, 1.82) is 0 Å². The molecule has 2 aliphatic rings. The second-order valence-corrected chi connectivity index (χ2v) is 3.58. The molecular formula is C9H17BrN2O2. The van der Waals surface area contributed by atoms with Gasteiger partial charge in [0.15, 0.2) is 0 Å². The lowest BCUT2D eigenvalue weighted by Gasteiger charge is -2.29. The molecule has 0 bridgehead atoms. The van der Waals surface area contributed by atoms with Gasteiger partial charge in [0.05, 0.1) is 0 Å². The molecule has 2 saturated heterocycles. The van der Waals surface area contributed by atoms with Crippen molar-refractivity contribution in [3.05, 3.63) is 0 Å². The van der Waals surface area contributed by atoms with Gasteiger partial charge in [0.1, 0.15) is 6.10 Å². The fourth-order valence-corrected chi connectivity index (χ4v) is 1.86. The van der Waals surface area contributed by atoms with Crippen LogP contribution in [0.2, 0.25) is 0 Å². The Bertz CT molecular complexity index is 189. The third kappa shape index (κ3) is 2.68. The summed E-state index contributed by atoms with van der Waals surface area (Å²) < 4.78 is 5.36. The van der Waals surface area contributed by atoms with Crippen molar-refractivity contribution in [2.45, 2.75) is 18.9 Å². The molecule has 82 valence electrons. The van der Waals surface area contributed by atoms with Crippen molar-refractivity contribution in [3.63, 3.8) is 0 Å². The summed E-state index contributed by atoms with van der Waals surface area (Å²) in [5, 5.41) is 3.23. The molecular weight excluding hydrogens is 248 g/mol. The van der Waals surface area contributed by atoms with E-state index in [1.807, 2.05) is 4.90 Å². The van der Waals surface area contributed by atoms with Crippen LogP contribution in [0.4, 0.5) is 0 Å². The molecule has 0 saturated carbocycles. The molecule has 0 unspecified atom stereocenters. The van der Waals surface area contributed by atoms with Crippen LogP contribution in [0.3, 0.4) is 0 Å². The monoisotopic (exact) mass is 264 g/mol. The maximum atomic E-state index is 11.8. The summed E-state index contributed by atoms with van der Waals surface area (Å²) in [7, 11) is 0. The van der Waals surface area contributed by atoms with E-state index >= 15 is 0 Å². The zero-order valence-corrected chi connectivity index (χ0v) is 9.91. The number of nitrogens with one attached hydrogen (secondary N) is 1. The Hall–Kier alpha value is -0.130. The Morgan fingerprint density at radius 3 is 2.64 bits per heavy atom. The number of hydrogen-bond donors (Lipinski definition) is 1. The zero-order chi connectivity index (χ0) is 9.10. The molecule has 1 atom stereocenters. The Morgan fingerprint density at radius 2 is 2.07 bits per heavy atom. The number of carbonyl (C=O) groups is 1. The maximum absolute atomic E-state index is 11.8. The molecule has 2 aliphatic heterocycles. The van der Waals surface area contributed by atoms with Gasteiger partial charge in [-0.15, -0.1) is 17.0 Å². The van der Waals surface area contributed by atoms with Crippen LogP contribution in [0, 0.1) is 0 Å². The van der Waals surface area contributed by atoms with Gasteiger partial charge in [-0.05, 0) is 12.8 Å². The molecule has 0 radical (unpaired) electrons. The van der Waals surface area contributed by atoms with Gasteiger partial charge < -0.3 is 15.0 Å². The van der Waals surface area contributed by atoms with E-state index in [9.17, 15) is 4.79 Å². The van der Waals surface area contributed by atoms with Crippen LogP contribution in [0.1, 0.15) is 12.8 Å². The Morgan fingerprint density at radius 1 is 1.36 bits per heavy atom. The number of nitrogens with zero attached hydrogens (tertiary/aromatic N) is 1.